The maximum Gasteiger partial charge on any atom is 0.152 e. The second kappa shape index (κ2) is 4.94. The fourth-order valence-corrected chi connectivity index (χ4v) is 2.34. The van der Waals surface area contributed by atoms with Gasteiger partial charge in [-0.3, -0.25) is 4.79 Å². The van der Waals surface area contributed by atoms with Crippen molar-refractivity contribution >= 4 is 23.3 Å². The van der Waals surface area contributed by atoms with Crippen LogP contribution in [0.15, 0.2) is 41.1 Å². The van der Waals surface area contributed by atoms with E-state index in [0.29, 0.717) is 0 Å². The number of benzene rings is 1. The molecule has 0 bridgehead atoms. The van der Waals surface area contributed by atoms with E-state index in [2.05, 4.69) is 21.7 Å². The Kier molecular flexibility index (Phi) is 3.37. The Bertz CT molecular complexity index is 465. The van der Waals surface area contributed by atoms with Crippen molar-refractivity contribution in [2.24, 2.45) is 0 Å². The molecule has 0 unspecified atom stereocenters. The Morgan fingerprint density at radius 1 is 1.31 bits per heavy atom. The normalized spacial score (nSPS) is 10.1. The van der Waals surface area contributed by atoms with Crippen LogP contribution in [-0.2, 0) is 6.54 Å². The first-order valence-electron chi connectivity index (χ1n) is 5.07. The number of anilines is 1. The molecule has 0 radical (unpaired) electrons. The Labute approximate surface area is 99.1 Å². The number of hydrogen-bond donors (Lipinski definition) is 0. The molecule has 0 aliphatic heterocycles. The Morgan fingerprint density at radius 3 is 2.81 bits per heavy atom. The van der Waals surface area contributed by atoms with Gasteiger partial charge in [-0.25, -0.2) is 0 Å². The molecule has 16 heavy (non-hydrogen) atoms. The first-order valence-corrected chi connectivity index (χ1v) is 6.02. The van der Waals surface area contributed by atoms with E-state index in [4.69, 9.17) is 0 Å². The molecule has 1 aromatic carbocycles. The lowest BCUT2D eigenvalue weighted by molar-refractivity contribution is 0.112. The number of carbonyl (C=O) groups is 1. The zero-order valence-corrected chi connectivity index (χ0v) is 9.91. The van der Waals surface area contributed by atoms with E-state index in [1.54, 1.807) is 11.3 Å². The highest BCUT2D eigenvalue weighted by atomic mass is 32.1. The fraction of sp³-hybridized carbons (Fsp3) is 0.154. The van der Waals surface area contributed by atoms with Crippen molar-refractivity contribution in [1.29, 1.82) is 0 Å². The highest BCUT2D eigenvalue weighted by Crippen LogP contribution is 2.20. The number of thiophene rings is 1. The molecule has 82 valence electrons. The number of para-hydroxylation sites is 1. The molecule has 0 aliphatic carbocycles. The van der Waals surface area contributed by atoms with Gasteiger partial charge in [-0.2, -0.15) is 11.3 Å². The number of rotatable bonds is 4. The van der Waals surface area contributed by atoms with Crippen LogP contribution >= 0.6 is 11.3 Å². The van der Waals surface area contributed by atoms with Gasteiger partial charge >= 0.3 is 0 Å². The number of aldehydes is 1. The van der Waals surface area contributed by atoms with Crippen molar-refractivity contribution in [3.05, 3.63) is 52.2 Å². The van der Waals surface area contributed by atoms with Crippen LogP contribution < -0.4 is 4.90 Å². The molecule has 2 rings (SSSR count). The second-order valence-corrected chi connectivity index (χ2v) is 4.44. The Morgan fingerprint density at radius 2 is 2.12 bits per heavy atom. The van der Waals surface area contributed by atoms with Gasteiger partial charge in [-0.1, -0.05) is 12.1 Å². The molecule has 2 nitrogen and oxygen atoms in total. The van der Waals surface area contributed by atoms with Crippen LogP contribution in [0.4, 0.5) is 5.69 Å². The first-order chi connectivity index (χ1) is 7.81. The molecular weight excluding hydrogens is 218 g/mol. The maximum atomic E-state index is 10.9. The first kappa shape index (κ1) is 10.9. The second-order valence-electron chi connectivity index (χ2n) is 3.66. The van der Waals surface area contributed by atoms with E-state index in [-0.39, 0.29) is 0 Å². The van der Waals surface area contributed by atoms with Gasteiger partial charge in [0.05, 0.1) is 0 Å². The van der Waals surface area contributed by atoms with Crippen LogP contribution in [0.25, 0.3) is 0 Å². The number of carbonyl (C=O) groups excluding carboxylic acids is 1. The molecule has 0 saturated carbocycles. The molecule has 0 spiro atoms. The van der Waals surface area contributed by atoms with Gasteiger partial charge in [0.25, 0.3) is 0 Å². The molecule has 0 atom stereocenters. The lowest BCUT2D eigenvalue weighted by Gasteiger charge is -2.20. The Hall–Kier alpha value is -1.61. The highest BCUT2D eigenvalue weighted by Gasteiger charge is 2.06. The van der Waals surface area contributed by atoms with E-state index in [1.165, 1.54) is 5.56 Å². The van der Waals surface area contributed by atoms with Gasteiger partial charge < -0.3 is 4.90 Å². The van der Waals surface area contributed by atoms with E-state index in [1.807, 2.05) is 31.3 Å². The topological polar surface area (TPSA) is 20.3 Å². The molecule has 3 heteroatoms. The molecule has 1 aromatic heterocycles. The lowest BCUT2D eigenvalue weighted by atomic mass is 10.1. The quantitative estimate of drug-likeness (QED) is 0.753. The summed E-state index contributed by atoms with van der Waals surface area (Å²) in [6.07, 6.45) is 0.902. The molecule has 1 heterocycles. The van der Waals surface area contributed by atoms with Gasteiger partial charge in [0.1, 0.15) is 0 Å². The average molecular weight is 231 g/mol. The average Bonchev–Trinajstić information content (AvgIpc) is 2.81. The standard InChI is InChI=1S/C13H13NOS/c1-14(8-11-6-7-16-10-11)13-5-3-2-4-12(13)9-15/h2-7,9-10H,8H2,1H3. The summed E-state index contributed by atoms with van der Waals surface area (Å²) in [7, 11) is 2.00. The summed E-state index contributed by atoms with van der Waals surface area (Å²) >= 11 is 1.69. The van der Waals surface area contributed by atoms with Gasteiger partial charge in [0, 0.05) is 24.8 Å². The fourth-order valence-electron chi connectivity index (χ4n) is 1.68. The SMILES string of the molecule is CN(Cc1ccsc1)c1ccccc1C=O. The van der Waals surface area contributed by atoms with E-state index >= 15 is 0 Å². The predicted octanol–water partition coefficient (Wildman–Crippen LogP) is 3.20. The predicted molar refractivity (Wildman–Crippen MR) is 68.3 cm³/mol. The van der Waals surface area contributed by atoms with Gasteiger partial charge in [0.2, 0.25) is 0 Å². The third-order valence-corrected chi connectivity index (χ3v) is 3.21. The summed E-state index contributed by atoms with van der Waals surface area (Å²) in [4.78, 5) is 13.0. The third kappa shape index (κ3) is 2.31. The zero-order chi connectivity index (χ0) is 11.4. The van der Waals surface area contributed by atoms with E-state index in [0.717, 1.165) is 24.1 Å². The van der Waals surface area contributed by atoms with Crippen LogP contribution in [0.5, 0.6) is 0 Å². The minimum absolute atomic E-state index is 0.736. The molecule has 0 amide bonds. The molecule has 0 N–H and O–H groups in total. The highest BCUT2D eigenvalue weighted by molar-refractivity contribution is 7.07. The van der Waals surface area contributed by atoms with Gasteiger partial charge in [0.15, 0.2) is 6.29 Å². The smallest absolute Gasteiger partial charge is 0.152 e. The summed E-state index contributed by atoms with van der Waals surface area (Å²) in [6.45, 7) is 0.828. The number of nitrogens with zero attached hydrogens (tertiary/aromatic N) is 1. The van der Waals surface area contributed by atoms with Crippen LogP contribution in [0.3, 0.4) is 0 Å². The van der Waals surface area contributed by atoms with Gasteiger partial charge in [-0.15, -0.1) is 0 Å². The third-order valence-electron chi connectivity index (χ3n) is 2.47. The Balaban J connectivity index is 2.20. The van der Waals surface area contributed by atoms with Crippen LogP contribution in [0.2, 0.25) is 0 Å². The van der Waals surface area contributed by atoms with Crippen LogP contribution in [0.1, 0.15) is 15.9 Å². The molecule has 0 saturated heterocycles. The number of hydrogen-bond acceptors (Lipinski definition) is 3. The largest absolute Gasteiger partial charge is 0.370 e. The summed E-state index contributed by atoms with van der Waals surface area (Å²) in [5, 5.41) is 4.19. The molecular formula is C13H13NOS. The minimum Gasteiger partial charge on any atom is -0.370 e. The van der Waals surface area contributed by atoms with Crippen molar-refractivity contribution in [2.45, 2.75) is 6.54 Å². The maximum absolute atomic E-state index is 10.9. The lowest BCUT2D eigenvalue weighted by Crippen LogP contribution is -2.17. The summed E-state index contributed by atoms with van der Waals surface area (Å²) in [6, 6.07) is 9.74. The molecule has 0 fully saturated rings. The molecule has 2 aromatic rings. The van der Waals surface area contributed by atoms with Crippen molar-refractivity contribution in [3.8, 4) is 0 Å². The minimum atomic E-state index is 0.736. The van der Waals surface area contributed by atoms with E-state index < -0.39 is 0 Å². The van der Waals surface area contributed by atoms with E-state index in [9.17, 15) is 4.79 Å². The van der Waals surface area contributed by atoms with Crippen molar-refractivity contribution in [1.82, 2.24) is 0 Å². The van der Waals surface area contributed by atoms with Crippen molar-refractivity contribution in [2.75, 3.05) is 11.9 Å². The summed E-state index contributed by atoms with van der Waals surface area (Å²) in [5.41, 5.74) is 2.98. The van der Waals surface area contributed by atoms with Crippen LogP contribution in [0, 0.1) is 0 Å². The zero-order valence-electron chi connectivity index (χ0n) is 9.09. The summed E-state index contributed by atoms with van der Waals surface area (Å²) < 4.78 is 0. The molecule has 0 aliphatic rings. The monoisotopic (exact) mass is 231 g/mol. The van der Waals surface area contributed by atoms with Crippen molar-refractivity contribution in [3.63, 3.8) is 0 Å². The van der Waals surface area contributed by atoms with Gasteiger partial charge in [-0.05, 0) is 34.5 Å². The van der Waals surface area contributed by atoms with Crippen LogP contribution in [-0.4, -0.2) is 13.3 Å². The van der Waals surface area contributed by atoms with Crippen molar-refractivity contribution < 1.29 is 4.79 Å². The summed E-state index contributed by atoms with van der Waals surface area (Å²) in [5.74, 6) is 0.